The molecule has 2 aromatic rings. The number of nitrogens with zero attached hydrogens (tertiary/aromatic N) is 2. The first-order chi connectivity index (χ1) is 7.65. The summed E-state index contributed by atoms with van der Waals surface area (Å²) < 4.78 is 5.49. The Labute approximate surface area is 93.7 Å². The number of hydrogen-bond acceptors (Lipinski definition) is 4. The van der Waals surface area contributed by atoms with Crippen LogP contribution in [0.1, 0.15) is 24.4 Å². The van der Waals surface area contributed by atoms with Crippen LogP contribution in [0, 0.1) is 6.92 Å². The average molecular weight is 218 g/mol. The Bertz CT molecular complexity index is 461. The number of H-pyrrole nitrogens is 1. The Morgan fingerprint density at radius 3 is 2.75 bits per heavy atom. The number of pyridine rings is 1. The van der Waals surface area contributed by atoms with Crippen LogP contribution in [-0.4, -0.2) is 15.2 Å². The molecule has 0 aromatic carbocycles. The van der Waals surface area contributed by atoms with Crippen molar-refractivity contribution in [1.29, 1.82) is 0 Å². The average Bonchev–Trinajstić information content (AvgIpc) is 2.65. The third-order valence-corrected chi connectivity index (χ3v) is 2.13. The van der Waals surface area contributed by atoms with Crippen LogP contribution in [0.2, 0.25) is 0 Å². The maximum Gasteiger partial charge on any atom is 0.238 e. The van der Waals surface area contributed by atoms with Crippen molar-refractivity contribution < 1.29 is 4.74 Å². The van der Waals surface area contributed by atoms with Gasteiger partial charge in [-0.1, -0.05) is 0 Å². The first-order valence-electron chi connectivity index (χ1n) is 5.06. The molecular formula is C11H14N4O. The largest absolute Gasteiger partial charge is 0.436 e. The van der Waals surface area contributed by atoms with Gasteiger partial charge in [0.15, 0.2) is 0 Å². The van der Waals surface area contributed by atoms with Crippen molar-refractivity contribution in [2.45, 2.75) is 19.9 Å². The molecule has 16 heavy (non-hydrogen) atoms. The summed E-state index contributed by atoms with van der Waals surface area (Å²) in [5, 5.41) is 6.77. The number of ether oxygens (including phenoxy) is 1. The smallest absolute Gasteiger partial charge is 0.238 e. The van der Waals surface area contributed by atoms with Gasteiger partial charge in [-0.05, 0) is 26.0 Å². The van der Waals surface area contributed by atoms with Crippen molar-refractivity contribution in [2.75, 3.05) is 0 Å². The number of hydrogen-bond donors (Lipinski definition) is 2. The molecule has 0 aliphatic heterocycles. The van der Waals surface area contributed by atoms with E-state index in [0.29, 0.717) is 11.6 Å². The minimum absolute atomic E-state index is 0.0679. The third-order valence-electron chi connectivity index (χ3n) is 2.13. The fraction of sp³-hybridized carbons (Fsp3) is 0.273. The summed E-state index contributed by atoms with van der Waals surface area (Å²) in [6.45, 7) is 3.80. The molecule has 0 spiro atoms. The number of nitrogens with one attached hydrogen (secondary N) is 1. The predicted molar refractivity (Wildman–Crippen MR) is 60.2 cm³/mol. The Balaban J connectivity index is 2.11. The lowest BCUT2D eigenvalue weighted by molar-refractivity contribution is 0.458. The van der Waals surface area contributed by atoms with Crippen molar-refractivity contribution in [1.82, 2.24) is 15.2 Å². The SMILES string of the molecule is Cc1cc(Oc2ccc(C(C)N)nc2)n[nH]1. The summed E-state index contributed by atoms with van der Waals surface area (Å²) in [5.41, 5.74) is 7.49. The van der Waals surface area contributed by atoms with Gasteiger partial charge < -0.3 is 10.5 Å². The van der Waals surface area contributed by atoms with Crippen LogP contribution in [0.5, 0.6) is 11.6 Å². The minimum atomic E-state index is -0.0679. The van der Waals surface area contributed by atoms with Crippen LogP contribution in [-0.2, 0) is 0 Å². The normalized spacial score (nSPS) is 12.4. The van der Waals surface area contributed by atoms with Crippen LogP contribution in [0.25, 0.3) is 0 Å². The number of rotatable bonds is 3. The van der Waals surface area contributed by atoms with Crippen LogP contribution < -0.4 is 10.5 Å². The zero-order valence-corrected chi connectivity index (χ0v) is 9.27. The van der Waals surface area contributed by atoms with Crippen molar-refractivity contribution in [2.24, 2.45) is 5.73 Å². The second-order valence-electron chi connectivity index (χ2n) is 3.70. The van der Waals surface area contributed by atoms with Crippen molar-refractivity contribution in [3.63, 3.8) is 0 Å². The first-order valence-corrected chi connectivity index (χ1v) is 5.06. The summed E-state index contributed by atoms with van der Waals surface area (Å²) in [7, 11) is 0. The van der Waals surface area contributed by atoms with Gasteiger partial charge in [0.05, 0.1) is 11.9 Å². The molecule has 0 aliphatic rings. The molecule has 5 nitrogen and oxygen atoms in total. The van der Waals surface area contributed by atoms with Crippen molar-refractivity contribution >= 4 is 0 Å². The van der Waals surface area contributed by atoms with Gasteiger partial charge in [-0.25, -0.2) is 0 Å². The quantitative estimate of drug-likeness (QED) is 0.825. The van der Waals surface area contributed by atoms with Crippen LogP contribution in [0.3, 0.4) is 0 Å². The maximum atomic E-state index is 5.70. The fourth-order valence-corrected chi connectivity index (χ4v) is 1.29. The van der Waals surface area contributed by atoms with Gasteiger partial charge in [0.1, 0.15) is 5.75 Å². The summed E-state index contributed by atoms with van der Waals surface area (Å²) in [6.07, 6.45) is 1.64. The molecule has 0 fully saturated rings. The topological polar surface area (TPSA) is 76.8 Å². The zero-order chi connectivity index (χ0) is 11.5. The van der Waals surface area contributed by atoms with E-state index in [4.69, 9.17) is 10.5 Å². The number of aryl methyl sites for hydroxylation is 1. The highest BCUT2D eigenvalue weighted by Crippen LogP contribution is 2.19. The molecule has 0 radical (unpaired) electrons. The van der Waals surface area contributed by atoms with Gasteiger partial charge in [-0.3, -0.25) is 10.1 Å². The second kappa shape index (κ2) is 4.32. The zero-order valence-electron chi connectivity index (χ0n) is 9.27. The van der Waals surface area contributed by atoms with E-state index in [1.807, 2.05) is 32.0 Å². The van der Waals surface area contributed by atoms with E-state index in [0.717, 1.165) is 11.4 Å². The predicted octanol–water partition coefficient (Wildman–Crippen LogP) is 1.93. The third kappa shape index (κ3) is 2.38. The molecule has 84 valence electrons. The highest BCUT2D eigenvalue weighted by atomic mass is 16.5. The molecule has 2 rings (SSSR count). The monoisotopic (exact) mass is 218 g/mol. The molecule has 5 heteroatoms. The summed E-state index contributed by atoms with van der Waals surface area (Å²) >= 11 is 0. The Hall–Kier alpha value is -1.88. The first kappa shape index (κ1) is 10.6. The lowest BCUT2D eigenvalue weighted by Gasteiger charge is -2.05. The van der Waals surface area contributed by atoms with Gasteiger partial charge in [0, 0.05) is 17.8 Å². The summed E-state index contributed by atoms with van der Waals surface area (Å²) in [6, 6.07) is 5.43. The lowest BCUT2D eigenvalue weighted by Crippen LogP contribution is -2.06. The highest BCUT2D eigenvalue weighted by Gasteiger charge is 2.03. The van der Waals surface area contributed by atoms with E-state index < -0.39 is 0 Å². The lowest BCUT2D eigenvalue weighted by atomic mass is 10.2. The van der Waals surface area contributed by atoms with E-state index in [2.05, 4.69) is 15.2 Å². The Morgan fingerprint density at radius 1 is 1.44 bits per heavy atom. The number of nitrogens with two attached hydrogens (primary N) is 1. The fourth-order valence-electron chi connectivity index (χ4n) is 1.29. The van der Waals surface area contributed by atoms with E-state index in [1.54, 1.807) is 6.20 Å². The maximum absolute atomic E-state index is 5.70. The van der Waals surface area contributed by atoms with Gasteiger partial charge in [-0.2, -0.15) is 0 Å². The molecular weight excluding hydrogens is 204 g/mol. The van der Waals surface area contributed by atoms with E-state index >= 15 is 0 Å². The molecule has 2 aromatic heterocycles. The molecule has 2 heterocycles. The van der Waals surface area contributed by atoms with Crippen LogP contribution in [0.15, 0.2) is 24.4 Å². The van der Waals surface area contributed by atoms with Gasteiger partial charge in [0.2, 0.25) is 5.88 Å². The Kier molecular flexibility index (Phi) is 2.87. The molecule has 0 bridgehead atoms. The minimum Gasteiger partial charge on any atom is -0.436 e. The molecule has 0 saturated carbocycles. The molecule has 1 atom stereocenters. The molecule has 0 amide bonds. The highest BCUT2D eigenvalue weighted by molar-refractivity contribution is 5.26. The molecule has 0 aliphatic carbocycles. The number of aromatic nitrogens is 3. The van der Waals surface area contributed by atoms with Crippen molar-refractivity contribution in [3.05, 3.63) is 35.8 Å². The summed E-state index contributed by atoms with van der Waals surface area (Å²) in [4.78, 5) is 4.19. The van der Waals surface area contributed by atoms with Gasteiger partial charge in [-0.15, -0.1) is 5.10 Å². The standard InChI is InChI=1S/C11H14N4O/c1-7-5-11(15-14-7)16-9-3-4-10(8(2)12)13-6-9/h3-6,8H,12H2,1-2H3,(H,14,15). The molecule has 0 saturated heterocycles. The van der Waals surface area contributed by atoms with Gasteiger partial charge in [0.25, 0.3) is 0 Å². The van der Waals surface area contributed by atoms with Crippen molar-refractivity contribution in [3.8, 4) is 11.6 Å². The van der Waals surface area contributed by atoms with E-state index in [9.17, 15) is 0 Å². The molecule has 3 N–H and O–H groups in total. The second-order valence-corrected chi connectivity index (χ2v) is 3.70. The number of aromatic amines is 1. The van der Waals surface area contributed by atoms with Crippen LogP contribution >= 0.6 is 0 Å². The van der Waals surface area contributed by atoms with E-state index in [-0.39, 0.29) is 6.04 Å². The van der Waals surface area contributed by atoms with E-state index in [1.165, 1.54) is 0 Å². The molecule has 1 unspecified atom stereocenters. The van der Waals surface area contributed by atoms with Crippen LogP contribution in [0.4, 0.5) is 0 Å². The Morgan fingerprint density at radius 2 is 2.25 bits per heavy atom. The summed E-state index contributed by atoms with van der Waals surface area (Å²) in [5.74, 6) is 1.18. The van der Waals surface area contributed by atoms with Gasteiger partial charge >= 0.3 is 0 Å².